The van der Waals surface area contributed by atoms with Crippen molar-refractivity contribution in [2.24, 2.45) is 0 Å². The van der Waals surface area contributed by atoms with Gasteiger partial charge in [-0.3, -0.25) is 9.59 Å². The number of unbranched alkanes of at least 4 members (excludes halogenated alkanes) is 32. The first kappa shape index (κ1) is 74.7. The fourth-order valence-electron chi connectivity index (χ4n) is 7.91. The molecule has 11 heteroatoms. The van der Waals surface area contributed by atoms with E-state index in [1.54, 1.807) is 14.2 Å². The van der Waals surface area contributed by atoms with Crippen LogP contribution in [0, 0.1) is 0 Å². The maximum Gasteiger partial charge on any atom is 0.305 e. The molecule has 0 radical (unpaired) electrons. The number of hydrogen-bond donors (Lipinski definition) is 0. The molecule has 10 nitrogen and oxygen atoms in total. The minimum atomic E-state index is -0.0881. The van der Waals surface area contributed by atoms with Crippen molar-refractivity contribution in [1.82, 2.24) is 0 Å². The van der Waals surface area contributed by atoms with Gasteiger partial charge in [-0.25, -0.2) is 0 Å². The highest BCUT2D eigenvalue weighted by molar-refractivity contribution is 9.09. The number of carbonyl (C=O) groups is 2. The zero-order chi connectivity index (χ0) is 50.3. The number of halogens is 1. The molecule has 0 aromatic heterocycles. The first-order chi connectivity index (χ1) is 33.5. The minimum Gasteiger partial charge on any atom is -0.466 e. The van der Waals surface area contributed by atoms with Crippen LogP contribution in [0.5, 0.6) is 0 Å². The normalized spacial score (nSPS) is 11.3. The SMILES string of the molecule is CCCCCCCCCCCCCCCCOCC(COC)OCCCCCCC(=O)OCC.CCCCCCCCCCCCCCCCOCCCOC.CCOC(=O)CCCCCCBr.O. The van der Waals surface area contributed by atoms with Crippen molar-refractivity contribution in [1.29, 1.82) is 0 Å². The summed E-state index contributed by atoms with van der Waals surface area (Å²) in [5, 5.41) is 1.06. The van der Waals surface area contributed by atoms with Gasteiger partial charge in [-0.15, -0.1) is 0 Å². The van der Waals surface area contributed by atoms with E-state index in [4.69, 9.17) is 33.2 Å². The van der Waals surface area contributed by atoms with Gasteiger partial charge in [-0.05, 0) is 58.8 Å². The zero-order valence-corrected chi connectivity index (χ0v) is 48.4. The van der Waals surface area contributed by atoms with E-state index >= 15 is 0 Å². The molecule has 0 bridgehead atoms. The van der Waals surface area contributed by atoms with E-state index < -0.39 is 0 Å². The smallest absolute Gasteiger partial charge is 0.305 e. The standard InChI is InChI=1S/C29H58O5.C20H42O2.C9H17BrO2.H2O/c1-4-6-7-8-9-10-11-12-13-14-15-16-18-21-24-32-27-28(26-31-3)34-25-22-19-17-20-23-29(30)33-5-2;1-3-4-5-6-7-8-9-10-11-12-13-14-15-16-19-22-20-17-18-21-2;1-2-12-9(11)7-5-3-4-6-8-10;/h28H,4-27H2,1-3H3;3-20H2,1-2H3;2-8H2,1H3;1H2. The van der Waals surface area contributed by atoms with Crippen molar-refractivity contribution < 1.29 is 48.2 Å². The summed E-state index contributed by atoms with van der Waals surface area (Å²) >= 11 is 3.36. The van der Waals surface area contributed by atoms with Crippen molar-refractivity contribution in [2.45, 2.75) is 284 Å². The Morgan fingerprint density at radius 3 is 1.06 bits per heavy atom. The van der Waals surface area contributed by atoms with E-state index in [1.807, 2.05) is 13.8 Å². The fourth-order valence-corrected chi connectivity index (χ4v) is 8.30. The van der Waals surface area contributed by atoms with E-state index in [0.29, 0.717) is 39.3 Å². The second-order valence-corrected chi connectivity index (χ2v) is 19.6. The molecule has 0 aromatic carbocycles. The van der Waals surface area contributed by atoms with Gasteiger partial charge >= 0.3 is 11.9 Å². The summed E-state index contributed by atoms with van der Waals surface area (Å²) in [5.41, 5.74) is 0. The maximum atomic E-state index is 11.3. The Labute approximate surface area is 437 Å². The van der Waals surface area contributed by atoms with E-state index in [2.05, 4.69) is 29.8 Å². The molecule has 0 amide bonds. The minimum absolute atomic E-state index is 0. The summed E-state index contributed by atoms with van der Waals surface area (Å²) in [7, 11) is 3.45. The summed E-state index contributed by atoms with van der Waals surface area (Å²) in [6.07, 6.45) is 49.7. The van der Waals surface area contributed by atoms with Gasteiger partial charge in [0, 0.05) is 65.4 Å². The van der Waals surface area contributed by atoms with Gasteiger partial charge in [0.1, 0.15) is 6.10 Å². The Balaban J connectivity index is -0.000000514. The second kappa shape index (κ2) is 71.4. The predicted octanol–water partition coefficient (Wildman–Crippen LogP) is 16.6. The van der Waals surface area contributed by atoms with E-state index in [1.165, 1.54) is 186 Å². The van der Waals surface area contributed by atoms with Crippen LogP contribution in [0.15, 0.2) is 0 Å². The molecule has 1 atom stereocenters. The molecule has 0 fully saturated rings. The van der Waals surface area contributed by atoms with Crippen LogP contribution in [-0.2, 0) is 42.7 Å². The predicted molar refractivity (Wildman–Crippen MR) is 297 cm³/mol. The van der Waals surface area contributed by atoms with Gasteiger partial charge in [0.05, 0.1) is 26.4 Å². The molecule has 0 aromatic rings. The van der Waals surface area contributed by atoms with Crippen LogP contribution in [0.4, 0.5) is 0 Å². The van der Waals surface area contributed by atoms with Gasteiger partial charge in [0.2, 0.25) is 0 Å². The summed E-state index contributed by atoms with van der Waals surface area (Å²) < 4.78 is 37.3. The Hall–Kier alpha value is -0.820. The van der Waals surface area contributed by atoms with Crippen LogP contribution in [0.2, 0.25) is 0 Å². The van der Waals surface area contributed by atoms with Gasteiger partial charge < -0.3 is 38.6 Å². The van der Waals surface area contributed by atoms with Crippen LogP contribution in [0.1, 0.15) is 278 Å². The molecule has 2 N–H and O–H groups in total. The lowest BCUT2D eigenvalue weighted by Crippen LogP contribution is -2.26. The lowest BCUT2D eigenvalue weighted by Gasteiger charge is -2.17. The summed E-state index contributed by atoms with van der Waals surface area (Å²) in [6.45, 7) is 14.5. The molecule has 69 heavy (non-hydrogen) atoms. The molecule has 0 saturated carbocycles. The topological polar surface area (TPSA) is 130 Å². The molecule has 418 valence electrons. The molecule has 0 aliphatic rings. The monoisotopic (exact) mass is 1050 g/mol. The molecular formula is C58H119BrO10. The average Bonchev–Trinajstić information content (AvgIpc) is 3.33. The van der Waals surface area contributed by atoms with Crippen LogP contribution in [0.3, 0.4) is 0 Å². The number of methoxy groups -OCH3 is 2. The van der Waals surface area contributed by atoms with Gasteiger partial charge in [-0.2, -0.15) is 0 Å². The molecule has 0 heterocycles. The number of alkyl halides is 1. The lowest BCUT2D eigenvalue weighted by molar-refractivity contribution is -0.144. The van der Waals surface area contributed by atoms with E-state index in [9.17, 15) is 9.59 Å². The highest BCUT2D eigenvalue weighted by Gasteiger charge is 2.09. The number of hydrogen-bond acceptors (Lipinski definition) is 9. The molecule has 1 unspecified atom stereocenters. The third-order valence-corrected chi connectivity index (χ3v) is 12.6. The Kier molecular flexibility index (Phi) is 77.3. The van der Waals surface area contributed by atoms with E-state index in [-0.39, 0.29) is 23.5 Å². The summed E-state index contributed by atoms with van der Waals surface area (Å²) in [4.78, 5) is 22.2. The molecule has 0 spiro atoms. The molecule has 0 aliphatic carbocycles. The van der Waals surface area contributed by atoms with Crippen molar-refractivity contribution in [3.8, 4) is 0 Å². The van der Waals surface area contributed by atoms with Gasteiger partial charge in [0.25, 0.3) is 0 Å². The molecule has 0 saturated heterocycles. The maximum absolute atomic E-state index is 11.3. The Morgan fingerprint density at radius 1 is 0.362 bits per heavy atom. The average molecular weight is 1060 g/mol. The summed E-state index contributed by atoms with van der Waals surface area (Å²) in [5.74, 6) is -0.147. The van der Waals surface area contributed by atoms with Crippen molar-refractivity contribution in [3.63, 3.8) is 0 Å². The van der Waals surface area contributed by atoms with Gasteiger partial charge in [0.15, 0.2) is 0 Å². The third kappa shape index (κ3) is 73.8. The molecular weight excluding hydrogens is 937 g/mol. The van der Waals surface area contributed by atoms with Crippen LogP contribution >= 0.6 is 15.9 Å². The van der Waals surface area contributed by atoms with Crippen molar-refractivity contribution in [2.75, 3.05) is 79.0 Å². The highest BCUT2D eigenvalue weighted by atomic mass is 79.9. The summed E-state index contributed by atoms with van der Waals surface area (Å²) in [6, 6.07) is 0. The zero-order valence-electron chi connectivity index (χ0n) is 46.8. The first-order valence-corrected chi connectivity index (χ1v) is 30.2. The first-order valence-electron chi connectivity index (χ1n) is 29.1. The van der Waals surface area contributed by atoms with Gasteiger partial charge in [-0.1, -0.05) is 222 Å². The van der Waals surface area contributed by atoms with Crippen molar-refractivity contribution in [3.05, 3.63) is 0 Å². The third-order valence-electron chi connectivity index (χ3n) is 12.1. The van der Waals surface area contributed by atoms with Crippen LogP contribution < -0.4 is 0 Å². The largest absolute Gasteiger partial charge is 0.466 e. The number of carbonyl (C=O) groups excluding carboxylic acids is 2. The number of rotatable bonds is 54. The Bertz CT molecular complexity index is 894. The second-order valence-electron chi connectivity index (χ2n) is 18.8. The highest BCUT2D eigenvalue weighted by Crippen LogP contribution is 2.15. The number of esters is 2. The molecule has 0 aliphatic heterocycles. The van der Waals surface area contributed by atoms with Crippen LogP contribution in [-0.4, -0.2) is 103 Å². The fraction of sp³-hybridized carbons (Fsp3) is 0.966. The van der Waals surface area contributed by atoms with Crippen molar-refractivity contribution >= 4 is 27.9 Å². The van der Waals surface area contributed by atoms with E-state index in [0.717, 1.165) is 89.7 Å². The molecule has 0 rings (SSSR count). The quantitative estimate of drug-likeness (QED) is 0.0332. The number of ether oxygens (including phenoxy) is 7. The lowest BCUT2D eigenvalue weighted by atomic mass is 10.0. The van der Waals surface area contributed by atoms with Crippen LogP contribution in [0.25, 0.3) is 0 Å². The Morgan fingerprint density at radius 2 is 0.696 bits per heavy atom.